The highest BCUT2D eigenvalue weighted by molar-refractivity contribution is 5.48. The zero-order chi connectivity index (χ0) is 10.1. The molecule has 1 aromatic rings. The van der Waals surface area contributed by atoms with Crippen molar-refractivity contribution in [2.24, 2.45) is 5.73 Å². The molecule has 1 aromatic carbocycles. The highest BCUT2D eigenvalue weighted by Crippen LogP contribution is 2.36. The number of aryl methyl sites for hydroxylation is 2. The monoisotopic (exact) mass is 191 g/mol. The van der Waals surface area contributed by atoms with Crippen LogP contribution in [-0.2, 0) is 12.8 Å². The first-order valence-electron chi connectivity index (χ1n) is 5.33. The van der Waals surface area contributed by atoms with E-state index >= 15 is 0 Å². The van der Waals surface area contributed by atoms with Gasteiger partial charge in [0.1, 0.15) is 5.75 Å². The van der Waals surface area contributed by atoms with E-state index in [4.69, 9.17) is 5.73 Å². The molecule has 3 N–H and O–H groups in total. The van der Waals surface area contributed by atoms with Gasteiger partial charge in [0.05, 0.1) is 0 Å². The molecular weight excluding hydrogens is 174 g/mol. The zero-order valence-electron chi connectivity index (χ0n) is 8.59. The maximum absolute atomic E-state index is 10.0. The Balaban J connectivity index is 2.54. The van der Waals surface area contributed by atoms with E-state index in [1.807, 2.05) is 6.07 Å². The van der Waals surface area contributed by atoms with E-state index in [1.54, 1.807) is 0 Å². The molecule has 1 aliphatic carbocycles. The van der Waals surface area contributed by atoms with Crippen LogP contribution >= 0.6 is 0 Å². The van der Waals surface area contributed by atoms with Crippen LogP contribution in [0.3, 0.4) is 0 Å². The third kappa shape index (κ3) is 1.40. The van der Waals surface area contributed by atoms with E-state index in [-0.39, 0.29) is 6.04 Å². The first-order chi connectivity index (χ1) is 6.74. The van der Waals surface area contributed by atoms with Crippen LogP contribution in [0.4, 0.5) is 0 Å². The molecule has 0 unspecified atom stereocenters. The second-order valence-electron chi connectivity index (χ2n) is 4.00. The van der Waals surface area contributed by atoms with Crippen LogP contribution in [0.2, 0.25) is 0 Å². The van der Waals surface area contributed by atoms with Gasteiger partial charge in [-0.1, -0.05) is 19.1 Å². The standard InChI is InChI=1S/C12H17NO/c1-2-8-6-7-9-4-3-5-10(13)11(9)12(8)14/h6-7,10,14H,2-5,13H2,1H3/t10-/m0/s1. The Bertz CT molecular complexity index is 346. The van der Waals surface area contributed by atoms with E-state index < -0.39 is 0 Å². The molecule has 1 atom stereocenters. The minimum atomic E-state index is 0.0326. The predicted octanol–water partition coefficient (Wildman–Crippen LogP) is 2.29. The van der Waals surface area contributed by atoms with Crippen molar-refractivity contribution in [3.05, 3.63) is 28.8 Å². The van der Waals surface area contributed by atoms with Crippen molar-refractivity contribution >= 4 is 0 Å². The van der Waals surface area contributed by atoms with E-state index in [0.717, 1.165) is 36.8 Å². The summed E-state index contributed by atoms with van der Waals surface area (Å²) in [7, 11) is 0. The minimum Gasteiger partial charge on any atom is -0.507 e. The lowest BCUT2D eigenvalue weighted by atomic mass is 9.86. The molecule has 1 aliphatic rings. The second kappa shape index (κ2) is 3.62. The predicted molar refractivity (Wildman–Crippen MR) is 57.4 cm³/mol. The molecule has 2 nitrogen and oxygen atoms in total. The fourth-order valence-electron chi connectivity index (χ4n) is 2.27. The molecule has 0 spiro atoms. The molecule has 0 fully saturated rings. The molecule has 2 heteroatoms. The summed E-state index contributed by atoms with van der Waals surface area (Å²) in [4.78, 5) is 0. The Labute approximate surface area is 84.7 Å². The summed E-state index contributed by atoms with van der Waals surface area (Å²) in [6, 6.07) is 4.17. The average molecular weight is 191 g/mol. The molecule has 0 saturated carbocycles. The zero-order valence-corrected chi connectivity index (χ0v) is 8.59. The van der Waals surface area contributed by atoms with Gasteiger partial charge in [0.2, 0.25) is 0 Å². The smallest absolute Gasteiger partial charge is 0.123 e. The number of aromatic hydroxyl groups is 1. The molecule has 0 radical (unpaired) electrons. The molecular formula is C12H17NO. The van der Waals surface area contributed by atoms with Crippen molar-refractivity contribution in [2.75, 3.05) is 0 Å². The Hall–Kier alpha value is -1.02. The topological polar surface area (TPSA) is 46.2 Å². The summed E-state index contributed by atoms with van der Waals surface area (Å²) in [5.41, 5.74) is 9.26. The van der Waals surface area contributed by atoms with Gasteiger partial charge >= 0.3 is 0 Å². The van der Waals surface area contributed by atoms with E-state index in [0.29, 0.717) is 5.75 Å². The summed E-state index contributed by atoms with van der Waals surface area (Å²) < 4.78 is 0. The van der Waals surface area contributed by atoms with Crippen molar-refractivity contribution in [3.8, 4) is 5.75 Å². The van der Waals surface area contributed by atoms with Crippen LogP contribution in [0.25, 0.3) is 0 Å². The normalized spacial score (nSPS) is 20.6. The summed E-state index contributed by atoms with van der Waals surface area (Å²) in [5, 5.41) is 10.0. The maximum atomic E-state index is 10.0. The van der Waals surface area contributed by atoms with Crippen LogP contribution in [0.15, 0.2) is 12.1 Å². The first-order valence-corrected chi connectivity index (χ1v) is 5.33. The molecule has 0 aliphatic heterocycles. The number of benzene rings is 1. The lowest BCUT2D eigenvalue weighted by Crippen LogP contribution is -2.18. The highest BCUT2D eigenvalue weighted by Gasteiger charge is 2.21. The third-order valence-corrected chi connectivity index (χ3v) is 3.10. The summed E-state index contributed by atoms with van der Waals surface area (Å²) in [5.74, 6) is 0.442. The summed E-state index contributed by atoms with van der Waals surface area (Å²) >= 11 is 0. The molecule has 2 rings (SSSR count). The fraction of sp³-hybridized carbons (Fsp3) is 0.500. The van der Waals surface area contributed by atoms with Crippen LogP contribution in [0.1, 0.15) is 42.5 Å². The minimum absolute atomic E-state index is 0.0326. The molecule has 0 bridgehead atoms. The van der Waals surface area contributed by atoms with Crippen LogP contribution < -0.4 is 5.73 Å². The van der Waals surface area contributed by atoms with Crippen molar-refractivity contribution in [2.45, 2.75) is 38.6 Å². The quantitative estimate of drug-likeness (QED) is 0.715. The van der Waals surface area contributed by atoms with Gasteiger partial charge in [-0.05, 0) is 36.8 Å². The molecule has 0 aromatic heterocycles. The SMILES string of the molecule is CCc1ccc2c(c1O)[C@@H](N)CCC2. The van der Waals surface area contributed by atoms with E-state index in [9.17, 15) is 5.11 Å². The van der Waals surface area contributed by atoms with Gasteiger partial charge < -0.3 is 10.8 Å². The van der Waals surface area contributed by atoms with Gasteiger partial charge in [0.15, 0.2) is 0 Å². The lowest BCUT2D eigenvalue weighted by molar-refractivity contribution is 0.442. The van der Waals surface area contributed by atoms with Gasteiger partial charge in [-0.2, -0.15) is 0 Å². The van der Waals surface area contributed by atoms with Crippen molar-refractivity contribution < 1.29 is 5.11 Å². The van der Waals surface area contributed by atoms with Crippen molar-refractivity contribution in [1.29, 1.82) is 0 Å². The maximum Gasteiger partial charge on any atom is 0.123 e. The number of rotatable bonds is 1. The van der Waals surface area contributed by atoms with Crippen molar-refractivity contribution in [3.63, 3.8) is 0 Å². The Morgan fingerprint density at radius 1 is 1.50 bits per heavy atom. The number of hydrogen-bond acceptors (Lipinski definition) is 2. The Morgan fingerprint density at radius 3 is 3.00 bits per heavy atom. The molecule has 14 heavy (non-hydrogen) atoms. The van der Waals surface area contributed by atoms with Gasteiger partial charge in [-0.15, -0.1) is 0 Å². The largest absolute Gasteiger partial charge is 0.507 e. The molecule has 0 heterocycles. The van der Waals surface area contributed by atoms with Gasteiger partial charge in [0.25, 0.3) is 0 Å². The molecule has 0 saturated heterocycles. The highest BCUT2D eigenvalue weighted by atomic mass is 16.3. The number of nitrogens with two attached hydrogens (primary N) is 1. The number of hydrogen-bond donors (Lipinski definition) is 2. The summed E-state index contributed by atoms with van der Waals surface area (Å²) in [6.45, 7) is 2.05. The van der Waals surface area contributed by atoms with Crippen LogP contribution in [0, 0.1) is 0 Å². The van der Waals surface area contributed by atoms with Gasteiger partial charge in [-0.25, -0.2) is 0 Å². The van der Waals surface area contributed by atoms with Gasteiger partial charge in [0, 0.05) is 11.6 Å². The van der Waals surface area contributed by atoms with Crippen LogP contribution in [0.5, 0.6) is 5.75 Å². The van der Waals surface area contributed by atoms with E-state index in [2.05, 4.69) is 13.0 Å². The first kappa shape index (κ1) is 9.53. The Morgan fingerprint density at radius 2 is 2.29 bits per heavy atom. The second-order valence-corrected chi connectivity index (χ2v) is 4.00. The third-order valence-electron chi connectivity index (χ3n) is 3.10. The van der Waals surface area contributed by atoms with Crippen LogP contribution in [-0.4, -0.2) is 5.11 Å². The van der Waals surface area contributed by atoms with E-state index in [1.165, 1.54) is 5.56 Å². The van der Waals surface area contributed by atoms with Gasteiger partial charge in [-0.3, -0.25) is 0 Å². The average Bonchev–Trinajstić information content (AvgIpc) is 2.18. The van der Waals surface area contributed by atoms with Crippen molar-refractivity contribution in [1.82, 2.24) is 0 Å². The number of phenols is 1. The molecule has 0 amide bonds. The molecule has 76 valence electrons. The summed E-state index contributed by atoms with van der Waals surface area (Å²) in [6.07, 6.45) is 4.05. The Kier molecular flexibility index (Phi) is 2.46. The lowest BCUT2D eigenvalue weighted by Gasteiger charge is -2.24. The number of fused-ring (bicyclic) bond motifs is 1. The number of phenolic OH excluding ortho intramolecular Hbond substituents is 1. The fourth-order valence-corrected chi connectivity index (χ4v) is 2.27.